The molecular weight excluding hydrogens is 362 g/mol. The third kappa shape index (κ3) is 4.42. The van der Waals surface area contributed by atoms with E-state index in [0.717, 1.165) is 11.3 Å². The van der Waals surface area contributed by atoms with Crippen LogP contribution in [0.1, 0.15) is 40.8 Å². The first kappa shape index (κ1) is 19.7. The van der Waals surface area contributed by atoms with Crippen LogP contribution in [0.25, 0.3) is 11.1 Å². The van der Waals surface area contributed by atoms with Gasteiger partial charge in [0.15, 0.2) is 0 Å². The molecule has 5 nitrogen and oxygen atoms in total. The van der Waals surface area contributed by atoms with E-state index in [-0.39, 0.29) is 11.9 Å². The highest BCUT2D eigenvalue weighted by Gasteiger charge is 2.16. The number of aromatic nitrogens is 3. The van der Waals surface area contributed by atoms with Crippen LogP contribution in [0, 0.1) is 13.8 Å². The fourth-order valence-corrected chi connectivity index (χ4v) is 3.07. The smallest absolute Gasteiger partial charge is 0.333 e. The molecule has 0 aliphatic heterocycles. The lowest BCUT2D eigenvalue weighted by Gasteiger charge is -2.15. The lowest BCUT2D eigenvalue weighted by atomic mass is 10.0. The Hall–Kier alpha value is -3.09. The topological polar surface area (TPSA) is 59.8 Å². The molecule has 146 valence electrons. The first-order chi connectivity index (χ1) is 13.3. The van der Waals surface area contributed by atoms with E-state index in [2.05, 4.69) is 15.4 Å². The molecular formula is C21H22F2N4O. The minimum atomic E-state index is -2.70. The average molecular weight is 384 g/mol. The van der Waals surface area contributed by atoms with Gasteiger partial charge in [-0.05, 0) is 50.1 Å². The van der Waals surface area contributed by atoms with Crippen LogP contribution >= 0.6 is 0 Å². The summed E-state index contributed by atoms with van der Waals surface area (Å²) in [5, 5.41) is 6.79. The summed E-state index contributed by atoms with van der Waals surface area (Å²) in [7, 11) is 0. The Labute approximate surface area is 162 Å². The van der Waals surface area contributed by atoms with Gasteiger partial charge in [0.2, 0.25) is 0 Å². The molecule has 0 spiro atoms. The maximum atomic E-state index is 12.9. The highest BCUT2D eigenvalue weighted by molar-refractivity contribution is 5.95. The fourth-order valence-electron chi connectivity index (χ4n) is 3.07. The van der Waals surface area contributed by atoms with Crippen LogP contribution in [0.4, 0.5) is 8.78 Å². The van der Waals surface area contributed by atoms with Crippen molar-refractivity contribution in [3.63, 3.8) is 0 Å². The molecule has 2 heterocycles. The zero-order valence-electron chi connectivity index (χ0n) is 16.0. The van der Waals surface area contributed by atoms with Crippen molar-refractivity contribution in [3.05, 3.63) is 71.3 Å². The third-order valence-electron chi connectivity index (χ3n) is 4.55. The maximum Gasteiger partial charge on any atom is 0.333 e. The quantitative estimate of drug-likeness (QED) is 0.689. The van der Waals surface area contributed by atoms with Crippen molar-refractivity contribution >= 4 is 5.91 Å². The highest BCUT2D eigenvalue weighted by Crippen LogP contribution is 2.25. The molecule has 3 aromatic rings. The van der Waals surface area contributed by atoms with E-state index >= 15 is 0 Å². The second-order valence-electron chi connectivity index (χ2n) is 6.81. The Morgan fingerprint density at radius 1 is 1.21 bits per heavy atom. The average Bonchev–Trinajstić information content (AvgIpc) is 3.06. The van der Waals surface area contributed by atoms with E-state index in [9.17, 15) is 13.6 Å². The largest absolute Gasteiger partial charge is 0.349 e. The molecule has 3 rings (SSSR count). The van der Waals surface area contributed by atoms with E-state index in [1.807, 2.05) is 26.0 Å². The summed E-state index contributed by atoms with van der Waals surface area (Å²) >= 11 is 0. The Morgan fingerprint density at radius 3 is 2.68 bits per heavy atom. The molecule has 0 aliphatic carbocycles. The van der Waals surface area contributed by atoms with Crippen molar-refractivity contribution in [3.8, 4) is 11.1 Å². The molecule has 2 aromatic heterocycles. The van der Waals surface area contributed by atoms with Crippen molar-refractivity contribution in [2.75, 3.05) is 0 Å². The summed E-state index contributed by atoms with van der Waals surface area (Å²) in [4.78, 5) is 17.0. The summed E-state index contributed by atoms with van der Waals surface area (Å²) in [6, 6.07) is 10.7. The number of carbonyl (C=O) groups is 1. The molecule has 0 bridgehead atoms. The number of pyridine rings is 1. The first-order valence-corrected chi connectivity index (χ1v) is 9.01. The van der Waals surface area contributed by atoms with Gasteiger partial charge >= 0.3 is 6.55 Å². The zero-order chi connectivity index (χ0) is 20.3. The lowest BCUT2D eigenvalue weighted by molar-refractivity contribution is 0.0563. The molecule has 1 N–H and O–H groups in total. The van der Waals surface area contributed by atoms with E-state index in [1.165, 1.54) is 6.20 Å². The van der Waals surface area contributed by atoms with Gasteiger partial charge < -0.3 is 5.32 Å². The zero-order valence-corrected chi connectivity index (χ0v) is 16.0. The van der Waals surface area contributed by atoms with Gasteiger partial charge in [0.05, 0.1) is 5.69 Å². The predicted octanol–water partition coefficient (Wildman–Crippen LogP) is 4.32. The summed E-state index contributed by atoms with van der Waals surface area (Å²) in [6.07, 6.45) is 3.66. The Balaban J connectivity index is 1.74. The molecule has 0 aliphatic rings. The van der Waals surface area contributed by atoms with Gasteiger partial charge in [-0.2, -0.15) is 13.9 Å². The van der Waals surface area contributed by atoms with Gasteiger partial charge in [-0.3, -0.25) is 9.78 Å². The van der Waals surface area contributed by atoms with Gasteiger partial charge in [-0.25, -0.2) is 4.68 Å². The van der Waals surface area contributed by atoms with E-state index in [4.69, 9.17) is 0 Å². The number of nitrogens with one attached hydrogen (secondary N) is 1. The van der Waals surface area contributed by atoms with Crippen LogP contribution in [-0.2, 0) is 6.42 Å². The van der Waals surface area contributed by atoms with Crippen molar-refractivity contribution in [2.24, 2.45) is 0 Å². The van der Waals surface area contributed by atoms with E-state index in [0.29, 0.717) is 33.5 Å². The number of benzene rings is 1. The number of carbonyl (C=O) groups excluding carboxylic acids is 1. The van der Waals surface area contributed by atoms with Crippen LogP contribution in [0.15, 0.2) is 48.8 Å². The van der Waals surface area contributed by atoms with Gasteiger partial charge in [0.1, 0.15) is 0 Å². The Bertz CT molecular complexity index is 984. The number of halogens is 2. The van der Waals surface area contributed by atoms with Gasteiger partial charge in [-0.1, -0.05) is 18.2 Å². The molecule has 1 atom stereocenters. The molecule has 28 heavy (non-hydrogen) atoms. The van der Waals surface area contributed by atoms with E-state index in [1.54, 1.807) is 37.4 Å². The van der Waals surface area contributed by atoms with Crippen LogP contribution in [0.3, 0.4) is 0 Å². The number of amides is 1. The summed E-state index contributed by atoms with van der Waals surface area (Å²) in [5.74, 6) is -0.221. The number of alkyl halides is 2. The number of rotatable bonds is 6. The normalized spacial score (nSPS) is 12.2. The van der Waals surface area contributed by atoms with Crippen LogP contribution < -0.4 is 5.32 Å². The van der Waals surface area contributed by atoms with Crippen LogP contribution in [-0.4, -0.2) is 26.7 Å². The standard InChI is InChI=1S/C21H22F2N4O/c1-13-6-5-9-24-19(13)10-14(2)25-20(28)17-8-4-7-16(11-17)18-12-27(21(22)23)26-15(18)3/h4-9,11-12,14,21H,10H2,1-3H3,(H,25,28)/t14-/m0/s1. The molecule has 1 amide bonds. The third-order valence-corrected chi connectivity index (χ3v) is 4.55. The summed E-state index contributed by atoms with van der Waals surface area (Å²) < 4.78 is 26.4. The summed E-state index contributed by atoms with van der Waals surface area (Å²) in [6.45, 7) is 2.88. The van der Waals surface area contributed by atoms with Crippen molar-refractivity contribution < 1.29 is 13.6 Å². The number of aryl methyl sites for hydroxylation is 2. The molecule has 7 heteroatoms. The molecule has 0 unspecified atom stereocenters. The van der Waals surface area contributed by atoms with Gasteiger partial charge in [0.25, 0.3) is 5.91 Å². The Kier molecular flexibility index (Phi) is 5.82. The van der Waals surface area contributed by atoms with Crippen molar-refractivity contribution in [1.82, 2.24) is 20.1 Å². The Morgan fingerprint density at radius 2 is 2.00 bits per heavy atom. The summed E-state index contributed by atoms with van der Waals surface area (Å²) in [5.41, 5.74) is 4.22. The molecule has 1 aromatic carbocycles. The minimum Gasteiger partial charge on any atom is -0.349 e. The fraction of sp³-hybridized carbons (Fsp3) is 0.286. The molecule has 0 saturated carbocycles. The lowest BCUT2D eigenvalue weighted by Crippen LogP contribution is -2.34. The highest BCUT2D eigenvalue weighted by atomic mass is 19.3. The SMILES string of the molecule is Cc1cccnc1C[C@H](C)NC(=O)c1cccc(-c2cn(C(F)F)nc2C)c1. The van der Waals surface area contributed by atoms with Crippen LogP contribution in [0.5, 0.6) is 0 Å². The monoisotopic (exact) mass is 384 g/mol. The van der Waals surface area contributed by atoms with Gasteiger partial charge in [0, 0.05) is 41.7 Å². The second kappa shape index (κ2) is 8.29. The molecule has 0 saturated heterocycles. The first-order valence-electron chi connectivity index (χ1n) is 9.01. The number of nitrogens with zero attached hydrogens (tertiary/aromatic N) is 3. The van der Waals surface area contributed by atoms with Crippen molar-refractivity contribution in [2.45, 2.75) is 39.8 Å². The second-order valence-corrected chi connectivity index (χ2v) is 6.81. The maximum absolute atomic E-state index is 12.9. The number of hydrogen-bond acceptors (Lipinski definition) is 3. The molecule has 0 radical (unpaired) electrons. The molecule has 0 fully saturated rings. The van der Waals surface area contributed by atoms with Gasteiger partial charge in [-0.15, -0.1) is 0 Å². The predicted molar refractivity (Wildman–Crippen MR) is 103 cm³/mol. The van der Waals surface area contributed by atoms with Crippen LogP contribution in [0.2, 0.25) is 0 Å². The van der Waals surface area contributed by atoms with Crippen molar-refractivity contribution in [1.29, 1.82) is 0 Å². The number of hydrogen-bond donors (Lipinski definition) is 1. The minimum absolute atomic E-state index is 0.104. The van der Waals surface area contributed by atoms with E-state index < -0.39 is 6.55 Å².